The summed E-state index contributed by atoms with van der Waals surface area (Å²) in [7, 11) is 0. The Kier molecular flexibility index (Phi) is 8.86. The molecule has 0 aliphatic carbocycles. The Bertz CT molecular complexity index is 1040. The lowest BCUT2D eigenvalue weighted by molar-refractivity contribution is -0.138. The molecule has 0 radical (unpaired) electrons. The van der Waals surface area contributed by atoms with Gasteiger partial charge in [-0.05, 0) is 31.4 Å². The molecule has 0 aliphatic heterocycles. The Morgan fingerprint density at radius 1 is 1.25 bits per heavy atom. The molecule has 32 heavy (non-hydrogen) atoms. The molecule has 1 atom stereocenters. The number of nitrogens with one attached hydrogen (secondary N) is 1. The highest BCUT2D eigenvalue weighted by molar-refractivity contribution is 6.32. The van der Waals surface area contributed by atoms with Gasteiger partial charge < -0.3 is 19.9 Å². The van der Waals surface area contributed by atoms with E-state index in [1.807, 2.05) is 13.8 Å². The molecular formula is C22H23Cl2FN2O5. The highest BCUT2D eigenvalue weighted by Crippen LogP contribution is 2.34. The van der Waals surface area contributed by atoms with Crippen LogP contribution in [0.1, 0.15) is 38.1 Å². The van der Waals surface area contributed by atoms with Crippen LogP contribution in [0, 0.1) is 11.7 Å². The van der Waals surface area contributed by atoms with Gasteiger partial charge in [0, 0.05) is 12.1 Å². The van der Waals surface area contributed by atoms with Gasteiger partial charge in [-0.2, -0.15) is 0 Å². The van der Waals surface area contributed by atoms with E-state index in [9.17, 15) is 19.1 Å². The quantitative estimate of drug-likeness (QED) is 0.455. The number of hydrogen-bond acceptors (Lipinski definition) is 5. The summed E-state index contributed by atoms with van der Waals surface area (Å²) >= 11 is 12.3. The third-order valence-electron chi connectivity index (χ3n) is 4.26. The molecule has 0 spiro atoms. The van der Waals surface area contributed by atoms with E-state index in [4.69, 9.17) is 32.7 Å². The lowest BCUT2D eigenvalue weighted by atomic mass is 10.1. The van der Waals surface area contributed by atoms with Gasteiger partial charge in [-0.25, -0.2) is 14.2 Å². The Labute approximate surface area is 195 Å². The number of allylic oxidation sites excluding steroid dienone is 1. The number of aliphatic carboxylic acids is 1. The second kappa shape index (κ2) is 11.2. The fourth-order valence-electron chi connectivity index (χ4n) is 2.47. The summed E-state index contributed by atoms with van der Waals surface area (Å²) in [6, 6.07) is 2.12. The Balaban J connectivity index is 2.21. The van der Waals surface area contributed by atoms with Crippen LogP contribution in [0.25, 0.3) is 0 Å². The van der Waals surface area contributed by atoms with E-state index in [1.165, 1.54) is 25.3 Å². The number of amides is 1. The van der Waals surface area contributed by atoms with Gasteiger partial charge in [0.15, 0.2) is 0 Å². The van der Waals surface area contributed by atoms with E-state index >= 15 is 0 Å². The van der Waals surface area contributed by atoms with Crippen LogP contribution in [0.2, 0.25) is 10.0 Å². The third kappa shape index (κ3) is 6.58. The van der Waals surface area contributed by atoms with Crippen molar-refractivity contribution in [1.82, 2.24) is 10.3 Å². The van der Waals surface area contributed by atoms with E-state index in [2.05, 4.69) is 10.3 Å². The van der Waals surface area contributed by atoms with Crippen molar-refractivity contribution in [3.05, 3.63) is 57.5 Å². The van der Waals surface area contributed by atoms with Crippen molar-refractivity contribution in [2.24, 2.45) is 5.92 Å². The van der Waals surface area contributed by atoms with Gasteiger partial charge in [-0.1, -0.05) is 43.1 Å². The topological polar surface area (TPSA) is 97.8 Å². The molecule has 0 bridgehead atoms. The highest BCUT2D eigenvalue weighted by Gasteiger charge is 2.24. The molecule has 0 unspecified atom stereocenters. The van der Waals surface area contributed by atoms with Crippen LogP contribution < -0.4 is 14.8 Å². The van der Waals surface area contributed by atoms with Crippen LogP contribution in [-0.4, -0.2) is 34.6 Å². The Morgan fingerprint density at radius 2 is 1.94 bits per heavy atom. The van der Waals surface area contributed by atoms with Crippen LogP contribution >= 0.6 is 23.2 Å². The normalized spacial score (nSPS) is 12.4. The van der Waals surface area contributed by atoms with E-state index in [1.54, 1.807) is 6.92 Å². The Morgan fingerprint density at radius 3 is 2.50 bits per heavy atom. The molecule has 7 nitrogen and oxygen atoms in total. The van der Waals surface area contributed by atoms with Crippen molar-refractivity contribution < 1.29 is 28.6 Å². The second-order valence-corrected chi connectivity index (χ2v) is 8.12. The van der Waals surface area contributed by atoms with E-state index < -0.39 is 29.3 Å². The summed E-state index contributed by atoms with van der Waals surface area (Å²) in [5.74, 6) is -2.52. The van der Waals surface area contributed by atoms with Crippen molar-refractivity contribution in [3.8, 4) is 17.4 Å². The van der Waals surface area contributed by atoms with Crippen LogP contribution in [0.3, 0.4) is 0 Å². The fourth-order valence-corrected chi connectivity index (χ4v) is 2.88. The maximum absolute atomic E-state index is 14.6. The maximum Gasteiger partial charge on any atom is 0.330 e. The first kappa shape index (κ1) is 25.4. The standard InChI is InChI=1S/C22H23Cl2FN2O5/c1-5-12(4)19(22(29)30)27-20(28)14-7-15(23)18(8-17(14)25)32-13-6-16(24)21(26-9-13)31-10-11(2)3/h5-9,11,19H,10H2,1-4H3,(H,27,28)(H,29,30)/b12-5-/t19-/m0/s1. The van der Waals surface area contributed by atoms with Crippen molar-refractivity contribution in [2.75, 3.05) is 6.61 Å². The number of benzene rings is 1. The average molecular weight is 485 g/mol. The van der Waals surface area contributed by atoms with Gasteiger partial charge in [0.1, 0.15) is 28.4 Å². The van der Waals surface area contributed by atoms with Gasteiger partial charge >= 0.3 is 5.97 Å². The molecule has 10 heteroatoms. The SMILES string of the molecule is C/C=C(/C)[C@H](NC(=O)c1cc(Cl)c(Oc2cnc(OCC(C)C)c(Cl)c2)cc1F)C(=O)O. The first-order valence-electron chi connectivity index (χ1n) is 9.65. The molecule has 2 aromatic rings. The monoisotopic (exact) mass is 484 g/mol. The number of carboxylic acid groups (broad SMARTS) is 1. The molecule has 2 rings (SSSR count). The van der Waals surface area contributed by atoms with Gasteiger partial charge in [-0.3, -0.25) is 4.79 Å². The number of carbonyl (C=O) groups excluding carboxylic acids is 1. The molecule has 0 saturated carbocycles. The number of carbonyl (C=O) groups is 2. The number of halogens is 3. The molecule has 0 saturated heterocycles. The van der Waals surface area contributed by atoms with E-state index in [0.29, 0.717) is 12.2 Å². The van der Waals surface area contributed by atoms with Crippen LogP contribution in [-0.2, 0) is 4.79 Å². The summed E-state index contributed by atoms with van der Waals surface area (Å²) in [4.78, 5) is 27.9. The van der Waals surface area contributed by atoms with Crippen LogP contribution in [0.4, 0.5) is 4.39 Å². The number of nitrogens with zero attached hydrogens (tertiary/aromatic N) is 1. The van der Waals surface area contributed by atoms with Crippen molar-refractivity contribution in [2.45, 2.75) is 33.7 Å². The minimum Gasteiger partial charge on any atom is -0.479 e. The van der Waals surface area contributed by atoms with Gasteiger partial charge in [0.05, 0.1) is 23.4 Å². The molecule has 1 heterocycles. The van der Waals surface area contributed by atoms with Gasteiger partial charge in [0.2, 0.25) is 5.88 Å². The predicted octanol–water partition coefficient (Wildman–Crippen LogP) is 5.50. The zero-order valence-electron chi connectivity index (χ0n) is 17.9. The van der Waals surface area contributed by atoms with E-state index in [-0.39, 0.29) is 33.3 Å². The average Bonchev–Trinajstić information content (AvgIpc) is 2.72. The molecule has 2 N–H and O–H groups in total. The molecule has 0 aliphatic rings. The molecular weight excluding hydrogens is 462 g/mol. The zero-order chi connectivity index (χ0) is 24.0. The minimum absolute atomic E-state index is 0.0672. The number of rotatable bonds is 9. The molecule has 172 valence electrons. The minimum atomic E-state index is -1.30. The van der Waals surface area contributed by atoms with Crippen LogP contribution in [0.5, 0.6) is 17.4 Å². The highest BCUT2D eigenvalue weighted by atomic mass is 35.5. The molecule has 0 fully saturated rings. The first-order chi connectivity index (χ1) is 15.0. The largest absolute Gasteiger partial charge is 0.479 e. The second-order valence-electron chi connectivity index (χ2n) is 7.30. The van der Waals surface area contributed by atoms with Crippen molar-refractivity contribution in [3.63, 3.8) is 0 Å². The number of hydrogen-bond donors (Lipinski definition) is 2. The van der Waals surface area contributed by atoms with Crippen molar-refractivity contribution >= 4 is 35.1 Å². The third-order valence-corrected chi connectivity index (χ3v) is 4.83. The summed E-state index contributed by atoms with van der Waals surface area (Å²) in [5, 5.41) is 11.7. The molecule has 1 aromatic heterocycles. The summed E-state index contributed by atoms with van der Waals surface area (Å²) in [6.45, 7) is 7.57. The zero-order valence-corrected chi connectivity index (χ0v) is 19.4. The fraction of sp³-hybridized carbons (Fsp3) is 0.318. The van der Waals surface area contributed by atoms with Gasteiger partial charge in [-0.15, -0.1) is 0 Å². The number of aromatic nitrogens is 1. The lowest BCUT2D eigenvalue weighted by Crippen LogP contribution is -2.41. The number of ether oxygens (including phenoxy) is 2. The van der Waals surface area contributed by atoms with Crippen molar-refractivity contribution in [1.29, 1.82) is 0 Å². The van der Waals surface area contributed by atoms with E-state index in [0.717, 1.165) is 12.1 Å². The number of pyridine rings is 1. The molecule has 1 aromatic carbocycles. The summed E-state index contributed by atoms with van der Waals surface area (Å²) < 4.78 is 25.7. The smallest absolute Gasteiger partial charge is 0.330 e. The maximum atomic E-state index is 14.6. The van der Waals surface area contributed by atoms with Gasteiger partial charge in [0.25, 0.3) is 5.91 Å². The first-order valence-corrected chi connectivity index (χ1v) is 10.4. The summed E-state index contributed by atoms with van der Waals surface area (Å²) in [5.41, 5.74) is -0.0337. The predicted molar refractivity (Wildman–Crippen MR) is 119 cm³/mol. The summed E-state index contributed by atoms with van der Waals surface area (Å²) in [6.07, 6.45) is 2.88. The molecule has 1 amide bonds. The number of carboxylic acids is 1. The Hall–Kier alpha value is -2.84. The van der Waals surface area contributed by atoms with Crippen LogP contribution in [0.15, 0.2) is 36.0 Å². The lowest BCUT2D eigenvalue weighted by Gasteiger charge is -2.16.